The molecule has 4 unspecified atom stereocenters. The number of hydrogen-bond acceptors (Lipinski definition) is 1. The number of hydrogen-bond donors (Lipinski definition) is 0. The Hall–Kier alpha value is -0.460. The van der Waals surface area contributed by atoms with Gasteiger partial charge in [-0.2, -0.15) is 26.3 Å². The third kappa shape index (κ3) is 4.11. The molecule has 0 amide bonds. The minimum Gasteiger partial charge on any atom is -0.358 e. The van der Waals surface area contributed by atoms with E-state index in [2.05, 4.69) is 0 Å². The van der Waals surface area contributed by atoms with Crippen LogP contribution in [-0.4, -0.2) is 24.6 Å². The van der Waals surface area contributed by atoms with Crippen LogP contribution in [0.15, 0.2) is 0 Å². The molecule has 0 radical (unpaired) electrons. The molecule has 0 saturated heterocycles. The molecule has 0 bridgehead atoms. The lowest BCUT2D eigenvalue weighted by Gasteiger charge is -2.48. The zero-order valence-electron chi connectivity index (χ0n) is 14.8. The highest BCUT2D eigenvalue weighted by molar-refractivity contribution is 5.04. The van der Waals surface area contributed by atoms with Crippen LogP contribution in [0, 0.1) is 23.7 Å². The number of rotatable bonds is 5. The Bertz CT molecular complexity index is 416. The Morgan fingerprint density at radius 3 is 1.96 bits per heavy atom. The highest BCUT2D eigenvalue weighted by Gasteiger charge is 2.75. The molecule has 25 heavy (non-hydrogen) atoms. The van der Waals surface area contributed by atoms with Gasteiger partial charge < -0.3 is 4.74 Å². The van der Waals surface area contributed by atoms with Crippen molar-refractivity contribution in [2.24, 2.45) is 23.7 Å². The Morgan fingerprint density at radius 2 is 1.44 bits per heavy atom. The first-order valence-corrected chi connectivity index (χ1v) is 9.30. The summed E-state index contributed by atoms with van der Waals surface area (Å²) in [7, 11) is 0. The van der Waals surface area contributed by atoms with Crippen molar-refractivity contribution in [2.75, 3.05) is 6.61 Å². The van der Waals surface area contributed by atoms with Gasteiger partial charge in [0.1, 0.15) is 0 Å². The zero-order valence-corrected chi connectivity index (χ0v) is 14.8. The molecule has 0 heterocycles. The van der Waals surface area contributed by atoms with Crippen LogP contribution in [0.2, 0.25) is 0 Å². The molecule has 0 spiro atoms. The lowest BCUT2D eigenvalue weighted by Crippen LogP contribution is -2.64. The summed E-state index contributed by atoms with van der Waals surface area (Å²) in [5, 5.41) is 0. The smallest absolute Gasteiger partial charge is 0.358 e. The van der Waals surface area contributed by atoms with Crippen molar-refractivity contribution >= 4 is 0 Å². The molecule has 148 valence electrons. The number of ether oxygens (including phenoxy) is 1. The highest BCUT2D eigenvalue weighted by atomic mass is 19.4. The molecule has 0 N–H and O–H groups in total. The van der Waals surface area contributed by atoms with Crippen LogP contribution in [0.4, 0.5) is 26.3 Å². The summed E-state index contributed by atoms with van der Waals surface area (Å²) in [6, 6.07) is 0. The Morgan fingerprint density at radius 1 is 0.880 bits per heavy atom. The molecule has 0 aromatic carbocycles. The summed E-state index contributed by atoms with van der Waals surface area (Å²) in [6.45, 7) is 2.81. The summed E-state index contributed by atoms with van der Waals surface area (Å²) < 4.78 is 87.5. The van der Waals surface area contributed by atoms with E-state index in [4.69, 9.17) is 4.74 Å². The van der Waals surface area contributed by atoms with E-state index in [9.17, 15) is 26.3 Å². The lowest BCUT2D eigenvalue weighted by atomic mass is 9.63. The first kappa shape index (κ1) is 20.8. The van der Waals surface area contributed by atoms with Crippen LogP contribution in [0.1, 0.15) is 65.2 Å². The summed E-state index contributed by atoms with van der Waals surface area (Å²) in [5.41, 5.74) is -4.04. The summed E-state index contributed by atoms with van der Waals surface area (Å²) in [4.78, 5) is 0. The fraction of sp³-hybridized carbons (Fsp3) is 1.00. The molecular formula is C18H28F6O. The van der Waals surface area contributed by atoms with E-state index in [1.807, 2.05) is 0 Å². The van der Waals surface area contributed by atoms with E-state index < -0.39 is 30.5 Å². The minimum atomic E-state index is -5.47. The van der Waals surface area contributed by atoms with Crippen LogP contribution < -0.4 is 0 Å². The van der Waals surface area contributed by atoms with Crippen LogP contribution in [0.5, 0.6) is 0 Å². The van der Waals surface area contributed by atoms with Crippen molar-refractivity contribution in [3.05, 3.63) is 0 Å². The fourth-order valence-corrected chi connectivity index (χ4v) is 4.54. The van der Waals surface area contributed by atoms with Crippen molar-refractivity contribution in [1.82, 2.24) is 0 Å². The van der Waals surface area contributed by atoms with Crippen LogP contribution in [-0.2, 0) is 4.74 Å². The first-order valence-electron chi connectivity index (χ1n) is 9.30. The summed E-state index contributed by atoms with van der Waals surface area (Å²) >= 11 is 0. The van der Waals surface area contributed by atoms with Gasteiger partial charge in [-0.25, -0.2) is 0 Å². The average Bonchev–Trinajstić information content (AvgIpc) is 2.52. The summed E-state index contributed by atoms with van der Waals surface area (Å²) in [6.07, 6.45) is -6.54. The van der Waals surface area contributed by atoms with Gasteiger partial charge in [0.25, 0.3) is 5.60 Å². The SMILES string of the molecule is CCC(C)COC(C1CCC2CCCCC2C1)(C(F)(F)F)C(F)(F)F. The molecule has 2 saturated carbocycles. The van der Waals surface area contributed by atoms with Gasteiger partial charge in [-0.05, 0) is 37.0 Å². The van der Waals surface area contributed by atoms with E-state index in [1.165, 1.54) is 0 Å². The molecular weight excluding hydrogens is 346 g/mol. The Labute approximate surface area is 145 Å². The second-order valence-corrected chi connectivity index (χ2v) is 7.87. The van der Waals surface area contributed by atoms with E-state index in [0.29, 0.717) is 12.8 Å². The molecule has 2 aliphatic rings. The molecule has 2 rings (SSSR count). The van der Waals surface area contributed by atoms with Gasteiger partial charge in [0.15, 0.2) is 0 Å². The number of fused-ring (bicyclic) bond motifs is 1. The molecule has 1 nitrogen and oxygen atoms in total. The Balaban J connectivity index is 2.32. The Kier molecular flexibility index (Phi) is 6.38. The van der Waals surface area contributed by atoms with Crippen molar-refractivity contribution < 1.29 is 31.1 Å². The van der Waals surface area contributed by atoms with Gasteiger partial charge >= 0.3 is 12.4 Å². The second-order valence-electron chi connectivity index (χ2n) is 7.87. The molecule has 2 fully saturated rings. The topological polar surface area (TPSA) is 9.23 Å². The van der Waals surface area contributed by atoms with Gasteiger partial charge in [0.05, 0.1) is 6.61 Å². The van der Waals surface area contributed by atoms with E-state index in [0.717, 1.165) is 25.7 Å². The van der Waals surface area contributed by atoms with Crippen molar-refractivity contribution in [1.29, 1.82) is 0 Å². The highest BCUT2D eigenvalue weighted by Crippen LogP contribution is 2.57. The zero-order chi connectivity index (χ0) is 18.9. The van der Waals surface area contributed by atoms with Gasteiger partial charge in [-0.1, -0.05) is 46.0 Å². The maximum Gasteiger partial charge on any atom is 0.426 e. The predicted molar refractivity (Wildman–Crippen MR) is 83.0 cm³/mol. The first-order chi connectivity index (χ1) is 11.5. The molecule has 4 atom stereocenters. The van der Waals surface area contributed by atoms with Gasteiger partial charge in [0.2, 0.25) is 0 Å². The molecule has 7 heteroatoms. The van der Waals surface area contributed by atoms with Crippen LogP contribution in [0.25, 0.3) is 0 Å². The monoisotopic (exact) mass is 374 g/mol. The molecule has 2 aliphatic carbocycles. The van der Waals surface area contributed by atoms with Crippen LogP contribution >= 0.6 is 0 Å². The van der Waals surface area contributed by atoms with Crippen molar-refractivity contribution in [3.63, 3.8) is 0 Å². The van der Waals surface area contributed by atoms with Crippen molar-refractivity contribution in [3.8, 4) is 0 Å². The average molecular weight is 374 g/mol. The van der Waals surface area contributed by atoms with E-state index >= 15 is 0 Å². The van der Waals surface area contributed by atoms with Gasteiger partial charge in [-0.3, -0.25) is 0 Å². The number of alkyl halides is 6. The maximum atomic E-state index is 13.8. The van der Waals surface area contributed by atoms with E-state index in [-0.39, 0.29) is 30.6 Å². The third-order valence-electron chi connectivity index (χ3n) is 6.25. The number of halogens is 6. The summed E-state index contributed by atoms with van der Waals surface area (Å²) in [5.74, 6) is -1.66. The quantitative estimate of drug-likeness (QED) is 0.498. The lowest BCUT2D eigenvalue weighted by molar-refractivity contribution is -0.402. The normalized spacial score (nSPS) is 30.0. The maximum absolute atomic E-state index is 13.8. The second kappa shape index (κ2) is 7.65. The van der Waals surface area contributed by atoms with Crippen LogP contribution in [0.3, 0.4) is 0 Å². The molecule has 0 aromatic rings. The molecule has 0 aromatic heterocycles. The standard InChI is InChI=1S/C18H28F6O/c1-3-12(2)11-25-16(17(19,20)21,18(22,23)24)15-9-8-13-6-4-5-7-14(13)10-15/h12-15H,3-11H2,1-2H3. The van der Waals surface area contributed by atoms with E-state index in [1.54, 1.807) is 13.8 Å². The van der Waals surface area contributed by atoms with Crippen molar-refractivity contribution in [2.45, 2.75) is 83.2 Å². The fourth-order valence-electron chi connectivity index (χ4n) is 4.54. The van der Waals surface area contributed by atoms with Gasteiger partial charge in [-0.15, -0.1) is 0 Å². The molecule has 0 aliphatic heterocycles. The minimum absolute atomic E-state index is 0.0375. The predicted octanol–water partition coefficient (Wildman–Crippen LogP) is 6.52. The van der Waals surface area contributed by atoms with Gasteiger partial charge in [0, 0.05) is 5.92 Å². The largest absolute Gasteiger partial charge is 0.426 e. The third-order valence-corrected chi connectivity index (χ3v) is 6.25.